The van der Waals surface area contributed by atoms with Crippen LogP contribution in [0.5, 0.6) is 5.75 Å². The number of hydrogen-bond acceptors (Lipinski definition) is 5. The smallest absolute Gasteiger partial charge is 0.283 e. The molecule has 3 aromatic carbocycles. The molecule has 0 saturated heterocycles. The molecule has 0 spiro atoms. The lowest BCUT2D eigenvalue weighted by Crippen LogP contribution is -2.33. The van der Waals surface area contributed by atoms with Crippen LogP contribution in [-0.4, -0.2) is 32.0 Å². The Balaban J connectivity index is 1.55. The molecule has 1 N–H and O–H groups in total. The first-order chi connectivity index (χ1) is 16.1. The lowest BCUT2D eigenvalue weighted by atomic mass is 10.0. The minimum Gasteiger partial charge on any atom is -0.493 e. The van der Waals surface area contributed by atoms with Gasteiger partial charge in [-0.25, -0.2) is 14.3 Å². The maximum absolute atomic E-state index is 13.3. The molecule has 0 aliphatic heterocycles. The Morgan fingerprint density at radius 1 is 1.03 bits per heavy atom. The van der Waals surface area contributed by atoms with E-state index in [1.54, 1.807) is 10.7 Å². The Labute approximate surface area is 189 Å². The number of amides is 1. The van der Waals surface area contributed by atoms with Gasteiger partial charge in [-0.3, -0.25) is 15.0 Å². The lowest BCUT2D eigenvalue weighted by molar-refractivity contribution is 0.100. The average molecular weight is 439 g/mol. The zero-order chi connectivity index (χ0) is 22.9. The third-order valence-corrected chi connectivity index (χ3v) is 5.41. The maximum Gasteiger partial charge on any atom is 0.283 e. The van der Waals surface area contributed by atoms with Crippen molar-refractivity contribution in [3.05, 3.63) is 94.7 Å². The van der Waals surface area contributed by atoms with Crippen molar-refractivity contribution in [1.29, 1.82) is 0 Å². The molecule has 0 atom stereocenters. The molecule has 1 amide bonds. The number of carbonyl (C=O) groups excluding carboxylic acids is 1. The summed E-state index contributed by atoms with van der Waals surface area (Å²) in [6.45, 7) is 4.26. The first kappa shape index (κ1) is 20.4. The standard InChI is InChI=1S/C25H21N5O3/c1-3-33-21-13-10-17-6-4-5-7-19(17)22(21)24(31)28-29-15-26-23-20(25(29)32)14-27-30(23)18-11-8-16(2)9-12-18/h4-15H,3H2,1-2H3,(H,28,31). The minimum atomic E-state index is -0.468. The summed E-state index contributed by atoms with van der Waals surface area (Å²) in [4.78, 5) is 30.7. The number of hydrogen-bond donors (Lipinski definition) is 1. The summed E-state index contributed by atoms with van der Waals surface area (Å²) in [5.74, 6) is -0.0209. The van der Waals surface area contributed by atoms with Crippen LogP contribution in [-0.2, 0) is 0 Å². The van der Waals surface area contributed by atoms with Crippen LogP contribution in [0.3, 0.4) is 0 Å². The van der Waals surface area contributed by atoms with E-state index < -0.39 is 11.5 Å². The Morgan fingerprint density at radius 2 is 1.82 bits per heavy atom. The molecule has 5 rings (SSSR count). The molecule has 0 aliphatic carbocycles. The molecule has 2 aromatic heterocycles. The maximum atomic E-state index is 13.3. The minimum absolute atomic E-state index is 0.293. The van der Waals surface area contributed by atoms with Crippen LogP contribution >= 0.6 is 0 Å². The summed E-state index contributed by atoms with van der Waals surface area (Å²) in [5.41, 5.74) is 4.91. The van der Waals surface area contributed by atoms with Gasteiger partial charge < -0.3 is 4.74 Å². The molecular formula is C25H21N5O3. The normalized spacial score (nSPS) is 11.1. The predicted octanol–water partition coefficient (Wildman–Crippen LogP) is 3.83. The number of aryl methyl sites for hydroxylation is 1. The highest BCUT2D eigenvalue weighted by molar-refractivity contribution is 6.12. The third-order valence-electron chi connectivity index (χ3n) is 5.41. The topological polar surface area (TPSA) is 91.0 Å². The van der Waals surface area contributed by atoms with Gasteiger partial charge >= 0.3 is 0 Å². The molecule has 2 heterocycles. The van der Waals surface area contributed by atoms with E-state index in [4.69, 9.17) is 4.74 Å². The zero-order valence-electron chi connectivity index (χ0n) is 18.1. The van der Waals surface area contributed by atoms with E-state index in [0.717, 1.165) is 26.7 Å². The number of ether oxygens (including phenoxy) is 1. The van der Waals surface area contributed by atoms with Crippen molar-refractivity contribution in [2.75, 3.05) is 12.0 Å². The lowest BCUT2D eigenvalue weighted by Gasteiger charge is -2.14. The third kappa shape index (κ3) is 3.61. The van der Waals surface area contributed by atoms with Crippen molar-refractivity contribution in [3.63, 3.8) is 0 Å². The second-order valence-corrected chi connectivity index (χ2v) is 7.58. The van der Waals surface area contributed by atoms with E-state index in [0.29, 0.717) is 29.0 Å². The second-order valence-electron chi connectivity index (χ2n) is 7.58. The largest absolute Gasteiger partial charge is 0.493 e. The molecule has 0 unspecified atom stereocenters. The number of benzene rings is 3. The van der Waals surface area contributed by atoms with Gasteiger partial charge in [0.2, 0.25) is 0 Å². The van der Waals surface area contributed by atoms with Gasteiger partial charge in [-0.15, -0.1) is 0 Å². The van der Waals surface area contributed by atoms with Gasteiger partial charge in [0.05, 0.1) is 24.1 Å². The Kier molecular flexibility index (Phi) is 5.10. The van der Waals surface area contributed by atoms with E-state index in [-0.39, 0.29) is 0 Å². The van der Waals surface area contributed by atoms with E-state index in [1.807, 2.05) is 68.4 Å². The fraction of sp³-hybridized carbons (Fsp3) is 0.120. The van der Waals surface area contributed by atoms with Crippen LogP contribution in [0, 0.1) is 6.92 Å². The highest BCUT2D eigenvalue weighted by Crippen LogP contribution is 2.28. The first-order valence-corrected chi connectivity index (χ1v) is 10.5. The summed E-state index contributed by atoms with van der Waals surface area (Å²) in [6.07, 6.45) is 2.75. The number of carbonyl (C=O) groups is 1. The Morgan fingerprint density at radius 3 is 2.61 bits per heavy atom. The summed E-state index contributed by atoms with van der Waals surface area (Å²) >= 11 is 0. The van der Waals surface area contributed by atoms with Crippen LogP contribution in [0.2, 0.25) is 0 Å². The SMILES string of the molecule is CCOc1ccc2ccccc2c1C(=O)Nn1cnc2c(cnn2-c2ccc(C)cc2)c1=O. The van der Waals surface area contributed by atoms with Gasteiger partial charge in [-0.1, -0.05) is 48.0 Å². The van der Waals surface area contributed by atoms with Crippen LogP contribution in [0.15, 0.2) is 78.0 Å². The summed E-state index contributed by atoms with van der Waals surface area (Å²) in [7, 11) is 0. The number of aromatic nitrogens is 4. The quantitative estimate of drug-likeness (QED) is 0.450. The number of nitrogens with zero attached hydrogens (tertiary/aromatic N) is 4. The van der Waals surface area contributed by atoms with Gasteiger partial charge in [0.15, 0.2) is 5.65 Å². The Hall–Kier alpha value is -4.46. The molecule has 164 valence electrons. The van der Waals surface area contributed by atoms with Crippen molar-refractivity contribution in [2.24, 2.45) is 0 Å². The average Bonchev–Trinajstić information content (AvgIpc) is 3.26. The van der Waals surface area contributed by atoms with Crippen molar-refractivity contribution in [2.45, 2.75) is 13.8 Å². The van der Waals surface area contributed by atoms with E-state index in [2.05, 4.69) is 15.5 Å². The van der Waals surface area contributed by atoms with Crippen LogP contribution in [0.25, 0.3) is 27.5 Å². The Bertz CT molecular complexity index is 1550. The van der Waals surface area contributed by atoms with Crippen LogP contribution in [0.4, 0.5) is 0 Å². The molecule has 33 heavy (non-hydrogen) atoms. The fourth-order valence-corrected chi connectivity index (χ4v) is 3.79. The molecular weight excluding hydrogens is 418 g/mol. The fourth-order valence-electron chi connectivity index (χ4n) is 3.79. The summed E-state index contributed by atoms with van der Waals surface area (Å²) < 4.78 is 8.36. The van der Waals surface area contributed by atoms with E-state index >= 15 is 0 Å². The van der Waals surface area contributed by atoms with Crippen LogP contribution < -0.4 is 15.7 Å². The molecule has 0 aliphatic rings. The molecule has 5 aromatic rings. The van der Waals surface area contributed by atoms with Gasteiger partial charge in [-0.05, 0) is 42.8 Å². The number of nitrogens with one attached hydrogen (secondary N) is 1. The second kappa shape index (κ2) is 8.23. The zero-order valence-corrected chi connectivity index (χ0v) is 18.1. The van der Waals surface area contributed by atoms with Gasteiger partial charge in [0, 0.05) is 0 Å². The highest BCUT2D eigenvalue weighted by atomic mass is 16.5. The molecule has 0 bridgehead atoms. The van der Waals surface area contributed by atoms with Crippen molar-refractivity contribution < 1.29 is 9.53 Å². The summed E-state index contributed by atoms with van der Waals surface area (Å²) in [5, 5.41) is 6.24. The molecule has 0 radical (unpaired) electrons. The van der Waals surface area contributed by atoms with Gasteiger partial charge in [0.1, 0.15) is 17.5 Å². The van der Waals surface area contributed by atoms with Crippen molar-refractivity contribution in [3.8, 4) is 11.4 Å². The van der Waals surface area contributed by atoms with E-state index in [1.165, 1.54) is 12.5 Å². The first-order valence-electron chi connectivity index (χ1n) is 10.5. The molecule has 0 saturated carbocycles. The molecule has 8 nitrogen and oxygen atoms in total. The van der Waals surface area contributed by atoms with Crippen molar-refractivity contribution in [1.82, 2.24) is 19.4 Å². The van der Waals surface area contributed by atoms with Crippen LogP contribution in [0.1, 0.15) is 22.8 Å². The monoisotopic (exact) mass is 439 g/mol. The van der Waals surface area contributed by atoms with Gasteiger partial charge in [0.25, 0.3) is 11.5 Å². The van der Waals surface area contributed by atoms with Gasteiger partial charge in [-0.2, -0.15) is 5.10 Å². The number of fused-ring (bicyclic) bond motifs is 2. The molecule has 0 fully saturated rings. The highest BCUT2D eigenvalue weighted by Gasteiger charge is 2.19. The molecule has 8 heteroatoms. The number of rotatable bonds is 5. The van der Waals surface area contributed by atoms with Crippen molar-refractivity contribution >= 4 is 27.7 Å². The summed E-state index contributed by atoms with van der Waals surface area (Å²) in [6, 6.07) is 18.9. The predicted molar refractivity (Wildman–Crippen MR) is 127 cm³/mol. The van der Waals surface area contributed by atoms with E-state index in [9.17, 15) is 9.59 Å².